The molecular weight excluding hydrogens is 348 g/mol. The summed E-state index contributed by atoms with van der Waals surface area (Å²) in [4.78, 5) is 12.7. The number of rotatable bonds is 7. The Morgan fingerprint density at radius 2 is 1.71 bits per heavy atom. The van der Waals surface area contributed by atoms with Crippen LogP contribution in [0.1, 0.15) is 36.7 Å². The largest absolute Gasteiger partial charge is 0.489 e. The lowest BCUT2D eigenvalue weighted by Gasteiger charge is -2.12. The van der Waals surface area contributed by atoms with Crippen molar-refractivity contribution in [3.63, 3.8) is 0 Å². The van der Waals surface area contributed by atoms with E-state index in [0.29, 0.717) is 6.61 Å². The molecule has 0 aliphatic rings. The molecule has 0 saturated heterocycles. The Balaban J connectivity index is 1.61. The summed E-state index contributed by atoms with van der Waals surface area (Å²) in [5, 5.41) is 2.99. The number of pyridine rings is 1. The lowest BCUT2D eigenvalue weighted by Crippen LogP contribution is -2.47. The zero-order valence-corrected chi connectivity index (χ0v) is 16.7. The van der Waals surface area contributed by atoms with Crippen molar-refractivity contribution >= 4 is 11.6 Å². The predicted octanol–water partition coefficient (Wildman–Crippen LogP) is 4.62. The summed E-state index contributed by atoms with van der Waals surface area (Å²) in [6.07, 6.45) is 3.00. The van der Waals surface area contributed by atoms with Crippen molar-refractivity contribution in [2.24, 2.45) is 0 Å². The van der Waals surface area contributed by atoms with Crippen LogP contribution >= 0.6 is 0 Å². The van der Waals surface area contributed by atoms with E-state index in [1.54, 1.807) is 0 Å². The predicted molar refractivity (Wildman–Crippen MR) is 111 cm³/mol. The number of amides is 1. The summed E-state index contributed by atoms with van der Waals surface area (Å²) in [5.74, 6) is 0.732. The molecule has 0 aliphatic carbocycles. The maximum absolute atomic E-state index is 12.7. The van der Waals surface area contributed by atoms with E-state index in [2.05, 4.69) is 30.6 Å². The lowest BCUT2D eigenvalue weighted by molar-refractivity contribution is -0.711. The first-order valence-electron chi connectivity index (χ1n) is 9.65. The van der Waals surface area contributed by atoms with Gasteiger partial charge in [-0.1, -0.05) is 37.3 Å². The molecule has 0 spiro atoms. The molecule has 0 fully saturated rings. The van der Waals surface area contributed by atoms with E-state index in [1.807, 2.05) is 73.0 Å². The van der Waals surface area contributed by atoms with E-state index >= 15 is 0 Å². The number of nitrogens with one attached hydrogen (secondary N) is 1. The van der Waals surface area contributed by atoms with Gasteiger partial charge in [-0.25, -0.2) is 0 Å². The molecule has 1 aromatic heterocycles. The topological polar surface area (TPSA) is 42.2 Å². The van der Waals surface area contributed by atoms with E-state index < -0.39 is 0 Å². The molecule has 0 unspecified atom stereocenters. The van der Waals surface area contributed by atoms with Crippen molar-refractivity contribution < 1.29 is 14.1 Å². The molecule has 144 valence electrons. The number of ether oxygens (including phenoxy) is 1. The zero-order chi connectivity index (χ0) is 19.9. The van der Waals surface area contributed by atoms with Gasteiger partial charge in [0.25, 0.3) is 5.91 Å². The van der Waals surface area contributed by atoms with Gasteiger partial charge < -0.3 is 10.1 Å². The standard InChI is InChI=1S/C24H26N2O2/c1-4-20-11-10-18(2)26(16-20)19(3)24(27)25-22-12-14-23(15-13-22)28-17-21-8-6-5-7-9-21/h5-16,19H,4,17H2,1-3H3/p+1/t19-/m0/s1. The Labute approximate surface area is 166 Å². The molecule has 0 bridgehead atoms. The van der Waals surface area contributed by atoms with Crippen LogP contribution in [0.25, 0.3) is 0 Å². The molecule has 0 saturated carbocycles. The number of aromatic nitrogens is 1. The van der Waals surface area contributed by atoms with Crippen molar-refractivity contribution in [2.45, 2.75) is 39.8 Å². The molecule has 3 aromatic rings. The van der Waals surface area contributed by atoms with Gasteiger partial charge in [-0.3, -0.25) is 4.79 Å². The van der Waals surface area contributed by atoms with Gasteiger partial charge in [-0.15, -0.1) is 0 Å². The van der Waals surface area contributed by atoms with Crippen LogP contribution in [0.15, 0.2) is 72.9 Å². The Kier molecular flexibility index (Phi) is 6.43. The van der Waals surface area contributed by atoms with Crippen molar-refractivity contribution in [2.75, 3.05) is 5.32 Å². The Morgan fingerprint density at radius 3 is 2.39 bits per heavy atom. The van der Waals surface area contributed by atoms with Crippen LogP contribution < -0.4 is 14.6 Å². The molecule has 1 atom stereocenters. The molecule has 0 aliphatic heterocycles. The smallest absolute Gasteiger partial charge is 0.293 e. The van der Waals surface area contributed by atoms with E-state index in [4.69, 9.17) is 4.74 Å². The van der Waals surface area contributed by atoms with Gasteiger partial charge >= 0.3 is 0 Å². The van der Waals surface area contributed by atoms with E-state index in [-0.39, 0.29) is 11.9 Å². The van der Waals surface area contributed by atoms with Crippen LogP contribution in [0.4, 0.5) is 5.69 Å². The number of hydrogen-bond acceptors (Lipinski definition) is 2. The molecule has 1 N–H and O–H groups in total. The first kappa shape index (κ1) is 19.6. The second-order valence-corrected chi connectivity index (χ2v) is 6.90. The number of hydrogen-bond donors (Lipinski definition) is 1. The third-order valence-corrected chi connectivity index (χ3v) is 4.83. The highest BCUT2D eigenvalue weighted by Gasteiger charge is 2.24. The van der Waals surface area contributed by atoms with Gasteiger partial charge in [-0.05, 0) is 42.3 Å². The van der Waals surface area contributed by atoms with Gasteiger partial charge in [0.1, 0.15) is 12.4 Å². The molecule has 0 radical (unpaired) electrons. The number of benzene rings is 2. The van der Waals surface area contributed by atoms with Crippen LogP contribution in [-0.4, -0.2) is 5.91 Å². The van der Waals surface area contributed by atoms with Gasteiger partial charge in [0.05, 0.1) is 0 Å². The molecule has 4 nitrogen and oxygen atoms in total. The molecule has 2 aromatic carbocycles. The maximum Gasteiger partial charge on any atom is 0.293 e. The Hall–Kier alpha value is -3.14. The van der Waals surface area contributed by atoms with Crippen LogP contribution in [0.5, 0.6) is 5.75 Å². The summed E-state index contributed by atoms with van der Waals surface area (Å²) in [6, 6.07) is 21.4. The fraction of sp³-hybridized carbons (Fsp3) is 0.250. The van der Waals surface area contributed by atoms with Crippen molar-refractivity contribution in [1.29, 1.82) is 0 Å². The van der Waals surface area contributed by atoms with Crippen molar-refractivity contribution in [1.82, 2.24) is 0 Å². The molecular formula is C24H27N2O2+. The lowest BCUT2D eigenvalue weighted by atomic mass is 10.1. The van der Waals surface area contributed by atoms with E-state index in [0.717, 1.165) is 29.1 Å². The minimum atomic E-state index is -0.291. The quantitative estimate of drug-likeness (QED) is 0.612. The monoisotopic (exact) mass is 375 g/mol. The van der Waals surface area contributed by atoms with Crippen molar-refractivity contribution in [3.05, 3.63) is 89.7 Å². The fourth-order valence-corrected chi connectivity index (χ4v) is 3.01. The number of nitrogens with zero attached hydrogens (tertiary/aromatic N) is 1. The SMILES string of the molecule is CCc1ccc(C)[n+]([C@@H](C)C(=O)Nc2ccc(OCc3ccccc3)cc2)c1. The van der Waals surface area contributed by atoms with Gasteiger partial charge in [0, 0.05) is 31.2 Å². The summed E-state index contributed by atoms with van der Waals surface area (Å²) < 4.78 is 7.81. The third kappa shape index (κ3) is 4.97. The highest BCUT2D eigenvalue weighted by Crippen LogP contribution is 2.18. The molecule has 4 heteroatoms. The Morgan fingerprint density at radius 1 is 1.00 bits per heavy atom. The average Bonchev–Trinajstić information content (AvgIpc) is 2.74. The molecule has 28 heavy (non-hydrogen) atoms. The average molecular weight is 375 g/mol. The summed E-state index contributed by atoms with van der Waals surface area (Å²) in [5.41, 5.74) is 4.15. The number of carbonyl (C=O) groups excluding carboxylic acids is 1. The highest BCUT2D eigenvalue weighted by atomic mass is 16.5. The highest BCUT2D eigenvalue weighted by molar-refractivity contribution is 5.92. The van der Waals surface area contributed by atoms with E-state index in [1.165, 1.54) is 5.56 Å². The van der Waals surface area contributed by atoms with Gasteiger partial charge in [0.15, 0.2) is 11.9 Å². The van der Waals surface area contributed by atoms with Crippen LogP contribution in [0.2, 0.25) is 0 Å². The second kappa shape index (κ2) is 9.18. The number of anilines is 1. The first-order chi connectivity index (χ1) is 13.6. The second-order valence-electron chi connectivity index (χ2n) is 6.90. The molecule has 1 heterocycles. The Bertz CT molecular complexity index is 921. The molecule has 1 amide bonds. The summed E-state index contributed by atoms with van der Waals surface area (Å²) in [6.45, 7) is 6.57. The third-order valence-electron chi connectivity index (χ3n) is 4.83. The van der Waals surface area contributed by atoms with E-state index in [9.17, 15) is 4.79 Å². The minimum absolute atomic E-state index is 0.0423. The van der Waals surface area contributed by atoms with Crippen LogP contribution in [0.3, 0.4) is 0 Å². The minimum Gasteiger partial charge on any atom is -0.489 e. The zero-order valence-electron chi connectivity index (χ0n) is 16.7. The normalized spacial score (nSPS) is 11.7. The summed E-state index contributed by atoms with van der Waals surface area (Å²) >= 11 is 0. The van der Waals surface area contributed by atoms with Crippen molar-refractivity contribution in [3.8, 4) is 5.75 Å². The number of aryl methyl sites for hydroxylation is 2. The number of carbonyl (C=O) groups is 1. The maximum atomic E-state index is 12.7. The van der Waals surface area contributed by atoms with Crippen LogP contribution in [0, 0.1) is 6.92 Å². The first-order valence-corrected chi connectivity index (χ1v) is 9.65. The summed E-state index contributed by atoms with van der Waals surface area (Å²) in [7, 11) is 0. The van der Waals surface area contributed by atoms with Gasteiger partial charge in [0.2, 0.25) is 6.04 Å². The van der Waals surface area contributed by atoms with Crippen LogP contribution in [-0.2, 0) is 17.8 Å². The fourth-order valence-electron chi connectivity index (χ4n) is 3.01. The molecule has 3 rings (SSSR count). The van der Waals surface area contributed by atoms with Gasteiger partial charge in [-0.2, -0.15) is 4.57 Å².